The number of para-hydroxylation sites is 1. The first-order valence-corrected chi connectivity index (χ1v) is 23.2. The number of hydrogen-bond donors (Lipinski definition) is 3. The van der Waals surface area contributed by atoms with Gasteiger partial charge in [0.1, 0.15) is 17.5 Å². The number of imide groups is 1. The number of morpholine rings is 1. The number of phenolic OH excluding ortho intramolecular Hbond substituents is 1. The monoisotopic (exact) mass is 883 g/mol. The van der Waals surface area contributed by atoms with Crippen molar-refractivity contribution < 1.29 is 28.6 Å². The number of urea groups is 1. The number of likely N-dealkylation sites (tertiary alicyclic amines) is 2. The van der Waals surface area contributed by atoms with Gasteiger partial charge in [0.05, 0.1) is 23.5 Å². The highest BCUT2D eigenvalue weighted by atomic mass is 19.1. The molecule has 0 spiro atoms. The van der Waals surface area contributed by atoms with Crippen LogP contribution in [0.4, 0.5) is 26.4 Å². The number of carbonyl (C=O) groups excluding carboxylic acids is 3. The largest absolute Gasteiger partial charge is 0.507 e. The smallest absolute Gasteiger partial charge is 0.328 e. The van der Waals surface area contributed by atoms with Crippen LogP contribution in [0.25, 0.3) is 22.2 Å². The number of ether oxygens (including phenoxy) is 1. The van der Waals surface area contributed by atoms with Gasteiger partial charge >= 0.3 is 6.03 Å². The van der Waals surface area contributed by atoms with Crippen molar-refractivity contribution in [3.63, 3.8) is 0 Å². The van der Waals surface area contributed by atoms with Crippen molar-refractivity contribution in [3.8, 4) is 17.0 Å². The van der Waals surface area contributed by atoms with Gasteiger partial charge in [0.2, 0.25) is 5.91 Å². The Hall–Kier alpha value is -6.06. The van der Waals surface area contributed by atoms with Crippen LogP contribution in [0.2, 0.25) is 0 Å². The molecule has 10 rings (SSSR count). The maximum Gasteiger partial charge on any atom is 0.328 e. The van der Waals surface area contributed by atoms with Crippen molar-refractivity contribution in [2.45, 2.75) is 102 Å². The van der Waals surface area contributed by atoms with Crippen LogP contribution in [0.5, 0.6) is 5.75 Å². The summed E-state index contributed by atoms with van der Waals surface area (Å²) >= 11 is 0. The van der Waals surface area contributed by atoms with Crippen molar-refractivity contribution in [1.82, 2.24) is 29.9 Å². The highest BCUT2D eigenvalue weighted by Crippen LogP contribution is 2.47. The third-order valence-corrected chi connectivity index (χ3v) is 14.7. The van der Waals surface area contributed by atoms with E-state index in [2.05, 4.69) is 55.1 Å². The molecule has 0 radical (unpaired) electrons. The normalized spacial score (nSPS) is 23.3. The Labute approximate surface area is 378 Å². The number of phenols is 1. The van der Waals surface area contributed by atoms with E-state index >= 15 is 4.39 Å². The Morgan fingerprint density at radius 3 is 2.38 bits per heavy atom. The second-order valence-corrected chi connectivity index (χ2v) is 19.0. The van der Waals surface area contributed by atoms with Gasteiger partial charge in [-0.2, -0.15) is 0 Å². The highest BCUT2D eigenvalue weighted by Gasteiger charge is 2.40. The molecular formula is C50H58FN9O5. The van der Waals surface area contributed by atoms with Gasteiger partial charge in [-0.25, -0.2) is 9.18 Å². The molecule has 4 saturated heterocycles. The third kappa shape index (κ3) is 8.40. The third-order valence-electron chi connectivity index (χ3n) is 14.7. The van der Waals surface area contributed by atoms with E-state index < -0.39 is 5.67 Å². The van der Waals surface area contributed by atoms with Gasteiger partial charge in [-0.05, 0) is 112 Å². The number of aromatic hydroxyl groups is 1. The molecule has 1 aliphatic carbocycles. The number of aromatic nitrogens is 3. The number of alkyl halides is 1. The van der Waals surface area contributed by atoms with E-state index in [9.17, 15) is 19.5 Å². The summed E-state index contributed by atoms with van der Waals surface area (Å²) in [6, 6.07) is 20.7. The second kappa shape index (κ2) is 17.1. The maximum absolute atomic E-state index is 16.6. The molecule has 4 amide bonds. The van der Waals surface area contributed by atoms with E-state index in [-0.39, 0.29) is 54.1 Å². The van der Waals surface area contributed by atoms with Crippen LogP contribution >= 0.6 is 0 Å². The fourth-order valence-electron chi connectivity index (χ4n) is 10.5. The molecule has 4 aliphatic heterocycles. The average molecular weight is 884 g/mol. The Balaban J connectivity index is 0.746. The molecule has 14 nitrogen and oxygen atoms in total. The molecule has 3 atom stereocenters. The van der Waals surface area contributed by atoms with Gasteiger partial charge in [-0.1, -0.05) is 24.3 Å². The maximum atomic E-state index is 16.6. The van der Waals surface area contributed by atoms with Gasteiger partial charge < -0.3 is 34.8 Å². The molecule has 6 heterocycles. The molecule has 4 N–H and O–H groups in total. The minimum Gasteiger partial charge on any atom is -0.507 e. The number of halogens is 1. The van der Waals surface area contributed by atoms with Crippen LogP contribution in [0.1, 0.15) is 104 Å². The summed E-state index contributed by atoms with van der Waals surface area (Å²) in [5.41, 5.74) is 12.7. The van der Waals surface area contributed by atoms with Crippen LogP contribution in [0.15, 0.2) is 72.9 Å². The van der Waals surface area contributed by atoms with Crippen LogP contribution in [0, 0.1) is 6.92 Å². The Morgan fingerprint density at radius 2 is 1.68 bits per heavy atom. The summed E-state index contributed by atoms with van der Waals surface area (Å²) < 4.78 is 25.5. The molecule has 5 aromatic rings. The molecular weight excluding hydrogens is 826 g/mol. The molecule has 5 fully saturated rings. The minimum absolute atomic E-state index is 0.0245. The summed E-state index contributed by atoms with van der Waals surface area (Å²) in [5, 5.41) is 22.6. The first-order valence-electron chi connectivity index (χ1n) is 23.2. The average Bonchev–Trinajstić information content (AvgIpc) is 4.08. The number of benzene rings is 3. The number of fused-ring (bicyclic) bond motifs is 1. The molecule has 0 bridgehead atoms. The van der Waals surface area contributed by atoms with Gasteiger partial charge in [-0.15, -0.1) is 10.2 Å². The second-order valence-electron chi connectivity index (χ2n) is 19.0. The van der Waals surface area contributed by atoms with Crippen molar-refractivity contribution >= 4 is 45.9 Å². The van der Waals surface area contributed by atoms with E-state index in [0.717, 1.165) is 55.6 Å². The van der Waals surface area contributed by atoms with Gasteiger partial charge in [0, 0.05) is 105 Å². The van der Waals surface area contributed by atoms with Crippen LogP contribution in [-0.2, 0) is 9.53 Å². The van der Waals surface area contributed by atoms with Gasteiger partial charge in [-0.3, -0.25) is 19.8 Å². The zero-order valence-corrected chi connectivity index (χ0v) is 37.4. The molecule has 5 aliphatic rings. The fraction of sp³-hybridized carbons (Fsp3) is 0.460. The predicted molar refractivity (Wildman–Crippen MR) is 248 cm³/mol. The van der Waals surface area contributed by atoms with Crippen molar-refractivity contribution in [2.75, 3.05) is 61.3 Å². The van der Waals surface area contributed by atoms with Crippen molar-refractivity contribution in [1.29, 1.82) is 0 Å². The number of anilines is 3. The first kappa shape index (κ1) is 42.9. The lowest BCUT2D eigenvalue weighted by Gasteiger charge is -2.44. The number of aryl methyl sites for hydroxylation is 1. The van der Waals surface area contributed by atoms with E-state index in [1.807, 2.05) is 50.2 Å². The van der Waals surface area contributed by atoms with Crippen molar-refractivity contribution in [2.24, 2.45) is 0 Å². The summed E-state index contributed by atoms with van der Waals surface area (Å²) in [4.78, 5) is 46.3. The SMILES string of the molecule is Cc1cc2c(cc1N1CCC(=O)NC1=O)c(C1CC1)cn2C1CCN(CC2(F)CCN(C(=O)c3ccc([C@@H]4CN(c5cc(-c6ccccc6O)nnc5N)[C@H](C)[C@H](C)O4)cc3)CC2)CC1. The molecule has 1 saturated carbocycles. The lowest BCUT2D eigenvalue weighted by molar-refractivity contribution is -0.120. The number of nitrogens with zero attached hydrogens (tertiary/aromatic N) is 7. The summed E-state index contributed by atoms with van der Waals surface area (Å²) in [6.07, 6.45) is 6.92. The predicted octanol–water partition coefficient (Wildman–Crippen LogP) is 7.65. The zero-order chi connectivity index (χ0) is 45.1. The molecule has 2 aromatic heterocycles. The molecule has 0 unspecified atom stereocenters. The van der Waals surface area contributed by atoms with Crippen LogP contribution < -0.4 is 20.9 Å². The van der Waals surface area contributed by atoms with E-state index in [1.165, 1.54) is 16.5 Å². The van der Waals surface area contributed by atoms with Crippen LogP contribution in [-0.4, -0.2) is 111 Å². The number of nitrogens with one attached hydrogen (secondary N) is 1. The standard InChI is InChI=1S/C50H58FN9O5/c1-30-24-42-38(25-41(30)58-21-16-46(62)53-49(58)64)39(33-8-9-33)27-60(42)36-14-19-56(20-15-36)29-50(51)17-22-57(23-18-50)48(63)35-12-10-34(11-13-35)45-28-59(31(2)32(3)65-45)43-26-40(54-55-47(43)52)37-6-4-5-7-44(37)61/h4-7,10-13,24-27,31-33,36,45,61H,8-9,14-23,28-29H2,1-3H3,(H2,52,55)(H,53,62,64)/t31-,32+,45+/m1/s1. The first-order chi connectivity index (χ1) is 31.3. The topological polar surface area (TPSA) is 162 Å². The Kier molecular flexibility index (Phi) is 11.2. The summed E-state index contributed by atoms with van der Waals surface area (Å²) in [7, 11) is 0. The summed E-state index contributed by atoms with van der Waals surface area (Å²) in [5.74, 6) is 0.590. The number of piperidine rings is 2. The number of rotatable bonds is 9. The Morgan fingerprint density at radius 1 is 0.938 bits per heavy atom. The van der Waals surface area contributed by atoms with E-state index in [1.54, 1.807) is 28.0 Å². The molecule has 340 valence electrons. The quantitative estimate of drug-likeness (QED) is 0.134. The number of carbonyl (C=O) groups is 3. The lowest BCUT2D eigenvalue weighted by atomic mass is 9.91. The lowest BCUT2D eigenvalue weighted by Crippen LogP contribution is -2.51. The molecule has 15 heteroatoms. The van der Waals surface area contributed by atoms with E-state index in [0.29, 0.717) is 80.0 Å². The zero-order valence-electron chi connectivity index (χ0n) is 37.4. The number of nitrogen functional groups attached to an aromatic ring is 1. The van der Waals surface area contributed by atoms with Gasteiger partial charge in [0.15, 0.2) is 5.82 Å². The van der Waals surface area contributed by atoms with Gasteiger partial charge in [0.25, 0.3) is 5.91 Å². The highest BCUT2D eigenvalue weighted by molar-refractivity contribution is 6.07. The van der Waals surface area contributed by atoms with Crippen molar-refractivity contribution in [3.05, 3.63) is 95.2 Å². The fourth-order valence-corrected chi connectivity index (χ4v) is 10.5. The number of amides is 4. The number of nitrogens with two attached hydrogens (primary N) is 1. The number of hydrogen-bond acceptors (Lipinski definition) is 10. The molecule has 3 aromatic carbocycles. The minimum atomic E-state index is -1.36. The van der Waals surface area contributed by atoms with E-state index in [4.69, 9.17) is 10.5 Å². The molecule has 65 heavy (non-hydrogen) atoms. The van der Waals surface area contributed by atoms with Crippen LogP contribution in [0.3, 0.4) is 0 Å². The summed E-state index contributed by atoms with van der Waals surface area (Å²) in [6.45, 7) is 9.70. The Bertz CT molecular complexity index is 2630.